The fourth-order valence-electron chi connectivity index (χ4n) is 3.14. The van der Waals surface area contributed by atoms with E-state index in [1.54, 1.807) is 34.6 Å². The van der Waals surface area contributed by atoms with E-state index in [1.165, 1.54) is 0 Å². The second-order valence-corrected chi connectivity index (χ2v) is 8.54. The highest BCUT2D eigenvalue weighted by Gasteiger charge is 2.25. The van der Waals surface area contributed by atoms with Gasteiger partial charge in [-0.05, 0) is 49.1 Å². The van der Waals surface area contributed by atoms with Crippen LogP contribution in [0.5, 0.6) is 0 Å². The minimum Gasteiger partial charge on any atom is -0.348 e. The normalized spacial score (nSPS) is 15.6. The van der Waals surface area contributed by atoms with E-state index in [0.717, 1.165) is 30.4 Å². The van der Waals surface area contributed by atoms with Gasteiger partial charge in [0.2, 0.25) is 10.0 Å². The van der Waals surface area contributed by atoms with E-state index in [1.807, 2.05) is 25.1 Å². The van der Waals surface area contributed by atoms with Crippen molar-refractivity contribution in [1.29, 1.82) is 0 Å². The molecule has 1 saturated heterocycles. The van der Waals surface area contributed by atoms with E-state index < -0.39 is 10.0 Å². The van der Waals surface area contributed by atoms with Crippen LogP contribution in [0.25, 0.3) is 0 Å². The van der Waals surface area contributed by atoms with Gasteiger partial charge in [-0.2, -0.15) is 4.31 Å². The maximum atomic E-state index is 12.6. The predicted octanol–water partition coefficient (Wildman–Crippen LogP) is 3.10. The van der Waals surface area contributed by atoms with Crippen molar-refractivity contribution in [3.63, 3.8) is 0 Å². The smallest absolute Gasteiger partial charge is 0.251 e. The average Bonchev–Trinajstić information content (AvgIpc) is 2.67. The lowest BCUT2D eigenvalue weighted by atomic mass is 10.1. The summed E-state index contributed by atoms with van der Waals surface area (Å²) in [5, 5.41) is 2.88. The Balaban J connectivity index is 1.64. The molecule has 2 aromatic rings. The highest BCUT2D eigenvalue weighted by molar-refractivity contribution is 7.89. The van der Waals surface area contributed by atoms with Crippen molar-refractivity contribution < 1.29 is 13.2 Å². The Morgan fingerprint density at radius 2 is 1.65 bits per heavy atom. The van der Waals surface area contributed by atoms with Crippen LogP contribution in [0.2, 0.25) is 0 Å². The first-order valence-corrected chi connectivity index (χ1v) is 10.4. The molecule has 0 spiro atoms. The van der Waals surface area contributed by atoms with Gasteiger partial charge in [0.05, 0.1) is 4.90 Å². The van der Waals surface area contributed by atoms with Gasteiger partial charge in [0.1, 0.15) is 0 Å². The van der Waals surface area contributed by atoms with Crippen molar-refractivity contribution in [2.24, 2.45) is 0 Å². The van der Waals surface area contributed by atoms with Crippen LogP contribution >= 0.6 is 0 Å². The maximum Gasteiger partial charge on any atom is 0.251 e. The third-order valence-corrected chi connectivity index (χ3v) is 6.63. The molecule has 1 aliphatic rings. The molecule has 5 nitrogen and oxygen atoms in total. The summed E-state index contributed by atoms with van der Waals surface area (Å²) in [5.74, 6) is -0.131. The highest BCUT2D eigenvalue weighted by atomic mass is 32.2. The summed E-state index contributed by atoms with van der Waals surface area (Å²) in [5.41, 5.74) is 2.44. The number of hydrogen-bond acceptors (Lipinski definition) is 3. The second kappa shape index (κ2) is 8.01. The summed E-state index contributed by atoms with van der Waals surface area (Å²) in [6, 6.07) is 14.2. The van der Waals surface area contributed by atoms with Crippen molar-refractivity contribution in [2.75, 3.05) is 13.1 Å². The average molecular weight is 372 g/mol. The van der Waals surface area contributed by atoms with Crippen LogP contribution in [0.4, 0.5) is 0 Å². The fraction of sp³-hybridized carbons (Fsp3) is 0.350. The van der Waals surface area contributed by atoms with Crippen LogP contribution < -0.4 is 5.32 Å². The predicted molar refractivity (Wildman–Crippen MR) is 101 cm³/mol. The maximum absolute atomic E-state index is 12.6. The van der Waals surface area contributed by atoms with Gasteiger partial charge in [0, 0.05) is 25.2 Å². The van der Waals surface area contributed by atoms with E-state index >= 15 is 0 Å². The van der Waals surface area contributed by atoms with Crippen molar-refractivity contribution in [3.8, 4) is 0 Å². The van der Waals surface area contributed by atoms with Crippen LogP contribution in [0, 0.1) is 6.92 Å². The molecule has 6 heteroatoms. The molecule has 0 bridgehead atoms. The summed E-state index contributed by atoms with van der Waals surface area (Å²) in [6.07, 6.45) is 2.93. The molecule has 2 aromatic carbocycles. The van der Waals surface area contributed by atoms with Gasteiger partial charge < -0.3 is 5.32 Å². The zero-order valence-electron chi connectivity index (χ0n) is 14.9. The number of benzene rings is 2. The first-order chi connectivity index (χ1) is 12.5. The third kappa shape index (κ3) is 4.14. The molecule has 3 rings (SSSR count). The van der Waals surface area contributed by atoms with Crippen LogP contribution in [-0.4, -0.2) is 31.7 Å². The van der Waals surface area contributed by atoms with Crippen molar-refractivity contribution in [1.82, 2.24) is 9.62 Å². The zero-order valence-corrected chi connectivity index (χ0v) is 15.8. The summed E-state index contributed by atoms with van der Waals surface area (Å²) in [4.78, 5) is 12.6. The molecule has 1 heterocycles. The number of carbonyl (C=O) groups excluding carboxylic acids is 1. The molecule has 0 radical (unpaired) electrons. The number of piperidine rings is 1. The SMILES string of the molecule is Cc1ccccc1C(=O)NCc1ccc(S(=O)(=O)N2CCCCC2)cc1. The monoisotopic (exact) mass is 372 g/mol. The number of carbonyl (C=O) groups is 1. The van der Waals surface area contributed by atoms with E-state index in [4.69, 9.17) is 0 Å². The Hall–Kier alpha value is -2.18. The lowest BCUT2D eigenvalue weighted by Gasteiger charge is -2.25. The number of nitrogens with zero attached hydrogens (tertiary/aromatic N) is 1. The molecular weight excluding hydrogens is 348 g/mol. The number of nitrogens with one attached hydrogen (secondary N) is 1. The quantitative estimate of drug-likeness (QED) is 0.877. The minimum absolute atomic E-state index is 0.131. The molecule has 1 N–H and O–H groups in total. The van der Waals surface area contributed by atoms with Crippen molar-refractivity contribution in [3.05, 3.63) is 65.2 Å². The Kier molecular flexibility index (Phi) is 5.74. The number of amides is 1. The topological polar surface area (TPSA) is 66.5 Å². The largest absolute Gasteiger partial charge is 0.348 e. The lowest BCUT2D eigenvalue weighted by Crippen LogP contribution is -2.35. The standard InChI is InChI=1S/C20H24N2O3S/c1-16-7-3-4-8-19(16)20(23)21-15-17-9-11-18(12-10-17)26(24,25)22-13-5-2-6-14-22/h3-4,7-12H,2,5-6,13-15H2,1H3,(H,21,23). The Morgan fingerprint density at radius 3 is 2.31 bits per heavy atom. The zero-order chi connectivity index (χ0) is 18.6. The summed E-state index contributed by atoms with van der Waals surface area (Å²) >= 11 is 0. The number of rotatable bonds is 5. The molecule has 0 unspecified atom stereocenters. The van der Waals surface area contributed by atoms with Gasteiger partial charge in [-0.25, -0.2) is 8.42 Å². The molecule has 0 aliphatic carbocycles. The van der Waals surface area contributed by atoms with E-state index in [9.17, 15) is 13.2 Å². The van der Waals surface area contributed by atoms with Crippen LogP contribution in [0.3, 0.4) is 0 Å². The van der Waals surface area contributed by atoms with Gasteiger partial charge in [0.15, 0.2) is 0 Å². The summed E-state index contributed by atoms with van der Waals surface area (Å²) in [7, 11) is -3.41. The highest BCUT2D eigenvalue weighted by Crippen LogP contribution is 2.20. The van der Waals surface area contributed by atoms with E-state index in [2.05, 4.69) is 5.32 Å². The molecule has 26 heavy (non-hydrogen) atoms. The van der Waals surface area contributed by atoms with Crippen molar-refractivity contribution in [2.45, 2.75) is 37.6 Å². The van der Waals surface area contributed by atoms with Gasteiger partial charge >= 0.3 is 0 Å². The minimum atomic E-state index is -3.41. The van der Waals surface area contributed by atoms with Gasteiger partial charge in [-0.1, -0.05) is 36.8 Å². The first-order valence-electron chi connectivity index (χ1n) is 8.91. The summed E-state index contributed by atoms with van der Waals surface area (Å²) in [6.45, 7) is 3.44. The van der Waals surface area contributed by atoms with Crippen LogP contribution in [0.1, 0.15) is 40.7 Å². The van der Waals surface area contributed by atoms with Crippen molar-refractivity contribution >= 4 is 15.9 Å². The molecule has 1 fully saturated rings. The van der Waals surface area contributed by atoms with Crippen LogP contribution in [-0.2, 0) is 16.6 Å². The van der Waals surface area contributed by atoms with Gasteiger partial charge in [-0.15, -0.1) is 0 Å². The van der Waals surface area contributed by atoms with Gasteiger partial charge in [-0.3, -0.25) is 4.79 Å². The Bertz CT molecular complexity index is 870. The lowest BCUT2D eigenvalue weighted by molar-refractivity contribution is 0.0950. The van der Waals surface area contributed by atoms with Gasteiger partial charge in [0.25, 0.3) is 5.91 Å². The first kappa shape index (κ1) is 18.6. The molecule has 0 saturated carbocycles. The molecular formula is C20H24N2O3S. The van der Waals surface area contributed by atoms with E-state index in [-0.39, 0.29) is 5.91 Å². The fourth-order valence-corrected chi connectivity index (χ4v) is 4.66. The summed E-state index contributed by atoms with van der Waals surface area (Å²) < 4.78 is 26.8. The molecule has 0 aromatic heterocycles. The molecule has 1 amide bonds. The molecule has 1 aliphatic heterocycles. The third-order valence-electron chi connectivity index (χ3n) is 4.72. The number of sulfonamides is 1. The Labute approximate surface area is 155 Å². The number of hydrogen-bond donors (Lipinski definition) is 1. The molecule has 0 atom stereocenters. The van der Waals surface area contributed by atoms with E-state index in [0.29, 0.717) is 30.1 Å². The molecule has 138 valence electrons. The van der Waals surface area contributed by atoms with Crippen LogP contribution in [0.15, 0.2) is 53.4 Å². The Morgan fingerprint density at radius 1 is 1.00 bits per heavy atom. The second-order valence-electron chi connectivity index (χ2n) is 6.61. The number of aryl methyl sites for hydroxylation is 1.